The second-order valence-corrected chi connectivity index (χ2v) is 4.57. The maximum absolute atomic E-state index is 12.2. The predicted octanol–water partition coefficient (Wildman–Crippen LogP) is -0.184. The van der Waals surface area contributed by atoms with Crippen molar-refractivity contribution in [3.63, 3.8) is 0 Å². The summed E-state index contributed by atoms with van der Waals surface area (Å²) in [7, 11) is 0. The van der Waals surface area contributed by atoms with Crippen molar-refractivity contribution in [2.75, 3.05) is 13.1 Å². The van der Waals surface area contributed by atoms with E-state index in [9.17, 15) is 9.90 Å². The molecule has 1 aromatic heterocycles. The van der Waals surface area contributed by atoms with Crippen LogP contribution in [0, 0.1) is 0 Å². The summed E-state index contributed by atoms with van der Waals surface area (Å²) in [6.45, 7) is 1.75. The average Bonchev–Trinajstić information content (AvgIpc) is 2.79. The maximum Gasteiger partial charge on any atom is 0.278 e. The van der Waals surface area contributed by atoms with E-state index < -0.39 is 0 Å². The van der Waals surface area contributed by atoms with Crippen molar-refractivity contribution in [3.05, 3.63) is 34.6 Å². The highest BCUT2D eigenvalue weighted by molar-refractivity contribution is 5.76. The van der Waals surface area contributed by atoms with Crippen LogP contribution >= 0.6 is 0 Å². The summed E-state index contributed by atoms with van der Waals surface area (Å²) >= 11 is 0. The molecular formula is C12H14N4O2. The summed E-state index contributed by atoms with van der Waals surface area (Å²) < 4.78 is 1.35. The van der Waals surface area contributed by atoms with Crippen LogP contribution in [0.4, 0.5) is 0 Å². The van der Waals surface area contributed by atoms with Gasteiger partial charge in [-0.25, -0.2) is 0 Å². The minimum Gasteiger partial charge on any atom is -0.392 e. The number of aliphatic hydroxyl groups excluding tert-OH is 1. The molecule has 94 valence electrons. The van der Waals surface area contributed by atoms with Crippen LogP contribution in [0.1, 0.15) is 6.42 Å². The smallest absolute Gasteiger partial charge is 0.278 e. The van der Waals surface area contributed by atoms with E-state index in [1.807, 2.05) is 17.0 Å². The number of aromatic nitrogens is 3. The van der Waals surface area contributed by atoms with E-state index in [4.69, 9.17) is 0 Å². The van der Waals surface area contributed by atoms with Gasteiger partial charge in [-0.05, 0) is 18.6 Å². The van der Waals surface area contributed by atoms with E-state index >= 15 is 0 Å². The van der Waals surface area contributed by atoms with Gasteiger partial charge in [0.15, 0.2) is 0 Å². The number of β-amino-alcohol motifs (C(OH)–C–C–N with tert-alkyl or cyclic N) is 1. The monoisotopic (exact) mass is 246 g/mol. The second-order valence-electron chi connectivity index (χ2n) is 4.57. The number of fused-ring (bicyclic) bond motifs is 1. The van der Waals surface area contributed by atoms with Crippen LogP contribution in [-0.4, -0.2) is 44.2 Å². The average molecular weight is 246 g/mol. The Morgan fingerprint density at radius 1 is 1.39 bits per heavy atom. The molecule has 1 N–H and O–H groups in total. The molecule has 2 aromatic rings. The molecular weight excluding hydrogens is 232 g/mol. The van der Waals surface area contributed by atoms with Crippen LogP contribution in [0.15, 0.2) is 29.1 Å². The Hall–Kier alpha value is -1.79. The molecule has 1 aliphatic rings. The van der Waals surface area contributed by atoms with Crippen LogP contribution in [0.25, 0.3) is 10.9 Å². The molecule has 1 unspecified atom stereocenters. The number of likely N-dealkylation sites (tertiary alicyclic amines) is 1. The van der Waals surface area contributed by atoms with E-state index in [1.54, 1.807) is 12.1 Å². The molecule has 0 aliphatic carbocycles. The zero-order chi connectivity index (χ0) is 12.5. The van der Waals surface area contributed by atoms with Crippen molar-refractivity contribution < 1.29 is 5.11 Å². The van der Waals surface area contributed by atoms with Gasteiger partial charge in [-0.1, -0.05) is 17.3 Å². The van der Waals surface area contributed by atoms with Crippen LogP contribution in [-0.2, 0) is 6.67 Å². The molecule has 1 saturated heterocycles. The van der Waals surface area contributed by atoms with Crippen molar-refractivity contribution in [1.29, 1.82) is 0 Å². The lowest BCUT2D eigenvalue weighted by Gasteiger charge is -2.15. The molecule has 6 heteroatoms. The fourth-order valence-corrected chi connectivity index (χ4v) is 2.25. The van der Waals surface area contributed by atoms with Crippen LogP contribution < -0.4 is 5.56 Å². The van der Waals surface area contributed by atoms with E-state index in [0.29, 0.717) is 24.1 Å². The van der Waals surface area contributed by atoms with E-state index in [1.165, 1.54) is 4.68 Å². The topological polar surface area (TPSA) is 71.2 Å². The third-order valence-corrected chi connectivity index (χ3v) is 3.21. The van der Waals surface area contributed by atoms with Gasteiger partial charge in [0.2, 0.25) is 0 Å². The van der Waals surface area contributed by atoms with Crippen LogP contribution in [0.2, 0.25) is 0 Å². The first-order valence-corrected chi connectivity index (χ1v) is 5.97. The van der Waals surface area contributed by atoms with Gasteiger partial charge in [0, 0.05) is 13.1 Å². The molecule has 1 atom stereocenters. The summed E-state index contributed by atoms with van der Waals surface area (Å²) in [5.41, 5.74) is 0.474. The second kappa shape index (κ2) is 4.47. The summed E-state index contributed by atoms with van der Waals surface area (Å²) in [6, 6.07) is 7.17. The molecule has 3 rings (SSSR count). The maximum atomic E-state index is 12.2. The van der Waals surface area contributed by atoms with Gasteiger partial charge in [0.25, 0.3) is 5.56 Å². The first kappa shape index (κ1) is 11.3. The van der Waals surface area contributed by atoms with Crippen molar-refractivity contribution in [1.82, 2.24) is 19.9 Å². The molecule has 0 bridgehead atoms. The molecule has 0 spiro atoms. The molecule has 1 aliphatic heterocycles. The number of benzene rings is 1. The van der Waals surface area contributed by atoms with E-state index in [0.717, 1.165) is 13.0 Å². The third kappa shape index (κ3) is 2.00. The lowest BCUT2D eigenvalue weighted by Crippen LogP contribution is -2.33. The Bertz CT molecular complexity index is 625. The van der Waals surface area contributed by atoms with Gasteiger partial charge in [-0.3, -0.25) is 9.69 Å². The number of nitrogens with zero attached hydrogens (tertiary/aromatic N) is 4. The Balaban J connectivity index is 1.93. The molecule has 18 heavy (non-hydrogen) atoms. The molecule has 1 fully saturated rings. The van der Waals surface area contributed by atoms with Crippen LogP contribution in [0.5, 0.6) is 0 Å². The quantitative estimate of drug-likeness (QED) is 0.795. The molecule has 2 heterocycles. The number of hydrogen-bond donors (Lipinski definition) is 1. The predicted molar refractivity (Wildman–Crippen MR) is 66.0 cm³/mol. The molecule has 6 nitrogen and oxygen atoms in total. The number of hydrogen-bond acceptors (Lipinski definition) is 5. The standard InChI is InChI=1S/C12H14N4O2/c17-9-5-6-15(7-9)8-16-12(18)10-3-1-2-4-11(10)13-14-16/h1-4,9,17H,5-8H2. The third-order valence-electron chi connectivity index (χ3n) is 3.21. The number of rotatable bonds is 2. The Kier molecular flexibility index (Phi) is 2.81. The van der Waals surface area contributed by atoms with Crippen molar-refractivity contribution in [2.24, 2.45) is 0 Å². The van der Waals surface area contributed by atoms with Gasteiger partial charge in [-0.2, -0.15) is 4.68 Å². The normalized spacial score (nSPS) is 20.6. The summed E-state index contributed by atoms with van der Waals surface area (Å²) in [4.78, 5) is 14.2. The van der Waals surface area contributed by atoms with Crippen molar-refractivity contribution in [3.8, 4) is 0 Å². The zero-order valence-corrected chi connectivity index (χ0v) is 9.86. The molecule has 1 aromatic carbocycles. The van der Waals surface area contributed by atoms with Gasteiger partial charge < -0.3 is 5.11 Å². The van der Waals surface area contributed by atoms with Gasteiger partial charge >= 0.3 is 0 Å². The van der Waals surface area contributed by atoms with Gasteiger partial charge in [0.1, 0.15) is 5.52 Å². The van der Waals surface area contributed by atoms with Crippen LogP contribution in [0.3, 0.4) is 0 Å². The summed E-state index contributed by atoms with van der Waals surface area (Å²) in [6.07, 6.45) is 0.449. The minimum absolute atomic E-state index is 0.137. The lowest BCUT2D eigenvalue weighted by atomic mass is 10.2. The minimum atomic E-state index is -0.297. The Morgan fingerprint density at radius 3 is 3.00 bits per heavy atom. The summed E-state index contributed by atoms with van der Waals surface area (Å²) in [5, 5.41) is 18.0. The highest BCUT2D eigenvalue weighted by Crippen LogP contribution is 2.09. The first-order valence-electron chi connectivity index (χ1n) is 5.97. The van der Waals surface area contributed by atoms with Gasteiger partial charge in [-0.15, -0.1) is 5.10 Å². The fraction of sp³-hybridized carbons (Fsp3) is 0.417. The van der Waals surface area contributed by atoms with Crippen molar-refractivity contribution in [2.45, 2.75) is 19.2 Å². The fourth-order valence-electron chi connectivity index (χ4n) is 2.25. The van der Waals surface area contributed by atoms with Gasteiger partial charge in [0.05, 0.1) is 18.2 Å². The molecule has 0 saturated carbocycles. The lowest BCUT2D eigenvalue weighted by molar-refractivity contribution is 0.161. The highest BCUT2D eigenvalue weighted by Gasteiger charge is 2.21. The summed E-state index contributed by atoms with van der Waals surface area (Å²) in [5.74, 6) is 0. The number of aliphatic hydroxyl groups is 1. The molecule has 0 radical (unpaired) electrons. The van der Waals surface area contributed by atoms with E-state index in [-0.39, 0.29) is 11.7 Å². The van der Waals surface area contributed by atoms with Crippen molar-refractivity contribution >= 4 is 10.9 Å². The largest absolute Gasteiger partial charge is 0.392 e. The Morgan fingerprint density at radius 2 is 2.22 bits per heavy atom. The highest BCUT2D eigenvalue weighted by atomic mass is 16.3. The SMILES string of the molecule is O=c1c2ccccc2nnn1CN1CCC(O)C1. The first-order chi connectivity index (χ1) is 8.74. The Labute approximate surface area is 103 Å². The zero-order valence-electron chi connectivity index (χ0n) is 9.86. The molecule has 0 amide bonds. The van der Waals surface area contributed by atoms with E-state index in [2.05, 4.69) is 10.3 Å².